The van der Waals surface area contributed by atoms with Gasteiger partial charge < -0.3 is 30.3 Å². The number of benzene rings is 1. The molecule has 3 N–H and O–H groups in total. The number of allylic oxidation sites excluding steroid dienone is 2. The first-order chi connectivity index (χ1) is 18.9. The first-order valence-electron chi connectivity index (χ1n) is 13.8. The van der Waals surface area contributed by atoms with Crippen LogP contribution in [0.2, 0.25) is 0 Å². The van der Waals surface area contributed by atoms with Crippen molar-refractivity contribution < 1.29 is 28.2 Å². The molecule has 0 saturated carbocycles. The van der Waals surface area contributed by atoms with Crippen molar-refractivity contribution in [2.45, 2.75) is 59.8 Å². The molecule has 2 amide bonds. The van der Waals surface area contributed by atoms with Gasteiger partial charge in [0.05, 0.1) is 37.0 Å². The molecule has 9 nitrogen and oxygen atoms in total. The molecule has 0 atom stereocenters. The predicted octanol–water partition coefficient (Wildman–Crippen LogP) is 4.68. The van der Waals surface area contributed by atoms with Gasteiger partial charge in [-0.25, -0.2) is 18.8 Å². The van der Waals surface area contributed by atoms with Gasteiger partial charge >= 0.3 is 18.0 Å². The van der Waals surface area contributed by atoms with E-state index in [9.17, 15) is 18.8 Å². The Balaban J connectivity index is 1.67. The normalized spacial score (nSPS) is 17.4. The third-order valence-corrected chi connectivity index (χ3v) is 7.89. The number of likely N-dealkylation sites (tertiary alicyclic amines) is 1. The molecule has 1 fully saturated rings. The number of anilines is 1. The molecule has 10 heteroatoms. The number of nitrogens with zero attached hydrogens (tertiary/aromatic N) is 1. The molecule has 220 valence electrons. The van der Waals surface area contributed by atoms with Gasteiger partial charge in [-0.2, -0.15) is 0 Å². The molecule has 1 saturated heterocycles. The van der Waals surface area contributed by atoms with E-state index in [-0.39, 0.29) is 16.8 Å². The SMILES string of the molecule is COC(=O)C1=C(C)NC(C)=C(C(=O)OC)C1c1ccc(F)c(NC(=O)NCCCN2CCC(C(C)(C)C)CC2)c1. The van der Waals surface area contributed by atoms with Crippen LogP contribution < -0.4 is 16.0 Å². The van der Waals surface area contributed by atoms with Gasteiger partial charge in [0.15, 0.2) is 0 Å². The Kier molecular flexibility index (Phi) is 10.4. The number of piperidine rings is 1. The number of hydrogen-bond donors (Lipinski definition) is 3. The molecule has 2 heterocycles. The van der Waals surface area contributed by atoms with Crippen molar-refractivity contribution in [1.82, 2.24) is 15.5 Å². The maximum absolute atomic E-state index is 14.8. The number of amides is 2. The fourth-order valence-electron chi connectivity index (χ4n) is 5.60. The molecule has 0 bridgehead atoms. The maximum Gasteiger partial charge on any atom is 0.336 e. The van der Waals surface area contributed by atoms with Gasteiger partial charge in [-0.3, -0.25) is 0 Å². The van der Waals surface area contributed by atoms with Crippen molar-refractivity contribution in [2.75, 3.05) is 45.7 Å². The highest BCUT2D eigenvalue weighted by Gasteiger charge is 2.38. The number of halogens is 1. The van der Waals surface area contributed by atoms with Gasteiger partial charge in [0.25, 0.3) is 0 Å². The number of ether oxygens (including phenoxy) is 2. The molecule has 0 spiro atoms. The van der Waals surface area contributed by atoms with Crippen molar-refractivity contribution in [3.05, 3.63) is 52.1 Å². The lowest BCUT2D eigenvalue weighted by Crippen LogP contribution is -2.39. The average Bonchev–Trinajstić information content (AvgIpc) is 2.91. The molecule has 40 heavy (non-hydrogen) atoms. The van der Waals surface area contributed by atoms with Crippen molar-refractivity contribution >= 4 is 23.7 Å². The predicted molar refractivity (Wildman–Crippen MR) is 152 cm³/mol. The highest BCUT2D eigenvalue weighted by atomic mass is 19.1. The van der Waals surface area contributed by atoms with Gasteiger partial charge in [-0.15, -0.1) is 0 Å². The van der Waals surface area contributed by atoms with E-state index in [1.54, 1.807) is 13.8 Å². The summed E-state index contributed by atoms with van der Waals surface area (Å²) in [5.41, 5.74) is 2.09. The van der Waals surface area contributed by atoms with E-state index >= 15 is 0 Å². The zero-order valence-electron chi connectivity index (χ0n) is 24.7. The summed E-state index contributed by atoms with van der Waals surface area (Å²) in [4.78, 5) is 40.5. The van der Waals surface area contributed by atoms with Gasteiger partial charge in [-0.05, 0) is 81.8 Å². The van der Waals surface area contributed by atoms with Crippen molar-refractivity contribution in [2.24, 2.45) is 11.3 Å². The second-order valence-electron chi connectivity index (χ2n) is 11.6. The summed E-state index contributed by atoms with van der Waals surface area (Å²) >= 11 is 0. The second-order valence-corrected chi connectivity index (χ2v) is 11.6. The summed E-state index contributed by atoms with van der Waals surface area (Å²) in [6, 6.07) is 3.57. The molecule has 0 radical (unpaired) electrons. The van der Waals surface area contributed by atoms with Gasteiger partial charge in [0.1, 0.15) is 5.82 Å². The summed E-state index contributed by atoms with van der Waals surface area (Å²) in [5.74, 6) is -2.07. The van der Waals surface area contributed by atoms with Crippen molar-refractivity contribution in [3.8, 4) is 0 Å². The smallest absolute Gasteiger partial charge is 0.336 e. The zero-order chi connectivity index (χ0) is 29.6. The molecule has 2 aliphatic heterocycles. The molecule has 3 rings (SSSR count). The molecule has 1 aromatic rings. The molecule has 1 aromatic carbocycles. The molecular formula is C30H43FN4O5. The van der Waals surface area contributed by atoms with Crippen LogP contribution in [-0.2, 0) is 19.1 Å². The Labute approximate surface area is 236 Å². The minimum absolute atomic E-state index is 0.0680. The van der Waals surface area contributed by atoms with Crippen LogP contribution in [0, 0.1) is 17.2 Å². The van der Waals surface area contributed by atoms with E-state index in [0.717, 1.165) is 32.0 Å². The summed E-state index contributed by atoms with van der Waals surface area (Å²) in [6.07, 6.45) is 3.15. The summed E-state index contributed by atoms with van der Waals surface area (Å²) < 4.78 is 24.7. The van der Waals surface area contributed by atoms with Gasteiger partial charge in [0.2, 0.25) is 0 Å². The number of urea groups is 1. The van der Waals surface area contributed by atoms with E-state index in [0.29, 0.717) is 28.9 Å². The molecule has 0 aromatic heterocycles. The number of carbonyl (C=O) groups excluding carboxylic acids is 3. The standard InChI is InChI=1S/C30H43FN4O5/c1-18-24(27(36)39-6)26(25(19(2)33-18)28(37)40-7)20-9-10-22(31)23(17-20)34-29(38)32-13-8-14-35-15-11-21(12-16-35)30(3,4)5/h9-10,17,21,26,33H,8,11-16H2,1-7H3,(H2,32,34,38). The minimum atomic E-state index is -0.882. The fraction of sp³-hybridized carbons (Fsp3) is 0.567. The number of carbonyl (C=O) groups is 3. The monoisotopic (exact) mass is 558 g/mol. The summed E-state index contributed by atoms with van der Waals surface area (Å²) in [6.45, 7) is 13.7. The van der Waals surface area contributed by atoms with Crippen LogP contribution in [-0.4, -0.2) is 63.3 Å². The van der Waals surface area contributed by atoms with Crippen LogP contribution in [0.15, 0.2) is 40.7 Å². The van der Waals surface area contributed by atoms with Crippen LogP contribution in [0.1, 0.15) is 65.4 Å². The Morgan fingerprint density at radius 2 is 1.60 bits per heavy atom. The maximum atomic E-state index is 14.8. The van der Waals surface area contributed by atoms with E-state index in [4.69, 9.17) is 9.47 Å². The molecule has 0 unspecified atom stereocenters. The topological polar surface area (TPSA) is 109 Å². The Morgan fingerprint density at radius 1 is 1.02 bits per heavy atom. The molecular weight excluding hydrogens is 515 g/mol. The molecule has 0 aliphatic carbocycles. The number of esters is 2. The second kappa shape index (κ2) is 13.3. The van der Waals surface area contributed by atoms with Gasteiger partial charge in [-0.1, -0.05) is 26.8 Å². The highest BCUT2D eigenvalue weighted by Crippen LogP contribution is 2.40. The Hall–Kier alpha value is -3.40. The lowest BCUT2D eigenvalue weighted by molar-refractivity contribution is -0.137. The lowest BCUT2D eigenvalue weighted by atomic mass is 9.75. The van der Waals surface area contributed by atoms with Crippen LogP contribution in [0.4, 0.5) is 14.9 Å². The summed E-state index contributed by atoms with van der Waals surface area (Å²) in [5, 5.41) is 8.40. The minimum Gasteiger partial charge on any atom is -0.466 e. The number of nitrogens with one attached hydrogen (secondary N) is 3. The van der Waals surface area contributed by atoms with Crippen molar-refractivity contribution in [1.29, 1.82) is 0 Å². The van der Waals surface area contributed by atoms with Crippen molar-refractivity contribution in [3.63, 3.8) is 0 Å². The van der Waals surface area contributed by atoms with E-state index in [1.165, 1.54) is 45.3 Å². The fourth-order valence-corrected chi connectivity index (χ4v) is 5.60. The van der Waals surface area contributed by atoms with Crippen LogP contribution in [0.5, 0.6) is 0 Å². The third kappa shape index (κ3) is 7.41. The average molecular weight is 559 g/mol. The van der Waals surface area contributed by atoms with E-state index in [1.807, 2.05) is 0 Å². The first kappa shape index (κ1) is 31.1. The molecule has 2 aliphatic rings. The lowest BCUT2D eigenvalue weighted by Gasteiger charge is -2.38. The number of dihydropyridines is 1. The Bertz CT molecular complexity index is 1140. The highest BCUT2D eigenvalue weighted by molar-refractivity contribution is 6.00. The van der Waals surface area contributed by atoms with Crippen LogP contribution in [0.25, 0.3) is 0 Å². The van der Waals surface area contributed by atoms with Crippen LogP contribution in [0.3, 0.4) is 0 Å². The van der Waals surface area contributed by atoms with Gasteiger partial charge in [0, 0.05) is 17.9 Å². The van der Waals surface area contributed by atoms with Crippen LogP contribution >= 0.6 is 0 Å². The van der Waals surface area contributed by atoms with E-state index < -0.39 is 29.7 Å². The third-order valence-electron chi connectivity index (χ3n) is 7.89. The first-order valence-corrected chi connectivity index (χ1v) is 13.8. The number of hydrogen-bond acceptors (Lipinski definition) is 7. The largest absolute Gasteiger partial charge is 0.466 e. The van der Waals surface area contributed by atoms with E-state index in [2.05, 4.69) is 41.6 Å². The number of rotatable bonds is 8. The Morgan fingerprint density at radius 3 is 2.12 bits per heavy atom. The number of methoxy groups -OCH3 is 2. The zero-order valence-corrected chi connectivity index (χ0v) is 24.7. The summed E-state index contributed by atoms with van der Waals surface area (Å²) in [7, 11) is 2.50. The quantitative estimate of drug-likeness (QED) is 0.314.